The van der Waals surface area contributed by atoms with Gasteiger partial charge in [0, 0.05) is 18.4 Å². The zero-order valence-electron chi connectivity index (χ0n) is 18.4. The summed E-state index contributed by atoms with van der Waals surface area (Å²) in [5, 5.41) is 12.8. The van der Waals surface area contributed by atoms with Crippen molar-refractivity contribution in [2.45, 2.75) is 32.7 Å². The minimum absolute atomic E-state index is 0.144. The van der Waals surface area contributed by atoms with Gasteiger partial charge in [0.05, 0.1) is 17.6 Å². The Balaban J connectivity index is 1.69. The molecule has 0 saturated carbocycles. The molecule has 0 aliphatic rings. The topological polar surface area (TPSA) is 88.2 Å². The maximum atomic E-state index is 14.4. The molecular formula is C26H24FN3O3. The number of nitrogens with one attached hydrogen (secondary N) is 1. The molecule has 0 fully saturated rings. The van der Waals surface area contributed by atoms with Crippen LogP contribution in [-0.4, -0.2) is 27.1 Å². The highest BCUT2D eigenvalue weighted by Crippen LogP contribution is 2.25. The van der Waals surface area contributed by atoms with Crippen LogP contribution >= 0.6 is 0 Å². The van der Waals surface area contributed by atoms with Crippen LogP contribution in [0.3, 0.4) is 0 Å². The van der Waals surface area contributed by atoms with Crippen LogP contribution in [0.1, 0.15) is 28.3 Å². The quantitative estimate of drug-likeness (QED) is 0.388. The summed E-state index contributed by atoms with van der Waals surface area (Å²) in [6, 6.07) is 16.9. The summed E-state index contributed by atoms with van der Waals surface area (Å²) in [4.78, 5) is 21.1. The van der Waals surface area contributed by atoms with Crippen molar-refractivity contribution < 1.29 is 18.7 Å². The number of aliphatic carboxylic acids is 1. The molecule has 168 valence electrons. The number of rotatable bonds is 8. The second-order valence-electron chi connectivity index (χ2n) is 7.88. The van der Waals surface area contributed by atoms with Gasteiger partial charge in [-0.05, 0) is 43.2 Å². The Morgan fingerprint density at radius 1 is 1.12 bits per heavy atom. The Labute approximate surface area is 191 Å². The van der Waals surface area contributed by atoms with Crippen molar-refractivity contribution in [2.75, 3.05) is 5.32 Å². The molecule has 0 radical (unpaired) electrons. The van der Waals surface area contributed by atoms with E-state index in [1.165, 1.54) is 12.3 Å². The lowest BCUT2D eigenvalue weighted by atomic mass is 10.1. The molecule has 4 rings (SSSR count). The van der Waals surface area contributed by atoms with E-state index in [9.17, 15) is 14.3 Å². The fraction of sp³-hybridized carbons (Fsp3) is 0.192. The number of carboxylic acid groups (broad SMARTS) is 1. The summed E-state index contributed by atoms with van der Waals surface area (Å²) < 4.78 is 20.0. The van der Waals surface area contributed by atoms with Crippen LogP contribution in [0.5, 0.6) is 0 Å². The molecule has 2 aromatic carbocycles. The average Bonchev–Trinajstić information content (AvgIpc) is 3.12. The molecule has 0 aliphatic heterocycles. The molecule has 0 saturated heterocycles. The Kier molecular flexibility index (Phi) is 6.49. The van der Waals surface area contributed by atoms with E-state index < -0.39 is 17.8 Å². The third-order valence-corrected chi connectivity index (χ3v) is 5.44. The number of aromatic nitrogens is 2. The van der Waals surface area contributed by atoms with E-state index in [0.29, 0.717) is 35.0 Å². The summed E-state index contributed by atoms with van der Waals surface area (Å²) in [6.45, 7) is 3.75. The number of halogens is 1. The number of nitrogens with zero attached hydrogens (tertiary/aromatic N) is 2. The normalized spacial score (nSPS) is 11.8. The lowest BCUT2D eigenvalue weighted by Gasteiger charge is -2.17. The molecule has 0 amide bonds. The highest BCUT2D eigenvalue weighted by Gasteiger charge is 2.23. The summed E-state index contributed by atoms with van der Waals surface area (Å²) in [5.41, 5.74) is 3.19. The van der Waals surface area contributed by atoms with Crippen molar-refractivity contribution in [3.8, 4) is 11.3 Å². The molecule has 6 nitrogen and oxygen atoms in total. The lowest BCUT2D eigenvalue weighted by molar-refractivity contribution is -0.138. The van der Waals surface area contributed by atoms with E-state index in [2.05, 4.69) is 15.3 Å². The van der Waals surface area contributed by atoms with Crippen molar-refractivity contribution in [2.24, 2.45) is 0 Å². The molecule has 0 aliphatic carbocycles. The van der Waals surface area contributed by atoms with E-state index in [0.717, 1.165) is 16.9 Å². The van der Waals surface area contributed by atoms with Gasteiger partial charge in [-0.3, -0.25) is 0 Å². The largest absolute Gasteiger partial charge is 0.480 e. The molecule has 2 aromatic heterocycles. The van der Waals surface area contributed by atoms with Gasteiger partial charge in [-0.25, -0.2) is 19.2 Å². The van der Waals surface area contributed by atoms with Crippen molar-refractivity contribution in [3.63, 3.8) is 0 Å². The number of furan rings is 1. The van der Waals surface area contributed by atoms with Crippen molar-refractivity contribution in [1.29, 1.82) is 0 Å². The van der Waals surface area contributed by atoms with Crippen LogP contribution in [0.25, 0.3) is 11.3 Å². The Hall–Kier alpha value is -4.00. The van der Waals surface area contributed by atoms with Crippen molar-refractivity contribution in [3.05, 3.63) is 101 Å². The van der Waals surface area contributed by atoms with Gasteiger partial charge < -0.3 is 14.8 Å². The minimum atomic E-state index is -1.03. The Morgan fingerprint density at radius 2 is 1.85 bits per heavy atom. The van der Waals surface area contributed by atoms with Crippen LogP contribution in [0, 0.1) is 19.7 Å². The molecule has 2 heterocycles. The SMILES string of the molecule is Cc1cc(CC(Nc2ncc(-c3ccccc3F)nc2Cc2ccccc2)C(=O)O)oc1C. The lowest BCUT2D eigenvalue weighted by Crippen LogP contribution is -2.32. The predicted octanol–water partition coefficient (Wildman–Crippen LogP) is 5.19. The van der Waals surface area contributed by atoms with E-state index in [1.807, 2.05) is 50.2 Å². The molecule has 2 N–H and O–H groups in total. The van der Waals surface area contributed by atoms with E-state index in [-0.39, 0.29) is 6.42 Å². The first kappa shape index (κ1) is 22.2. The van der Waals surface area contributed by atoms with E-state index in [1.54, 1.807) is 18.2 Å². The summed E-state index contributed by atoms with van der Waals surface area (Å²) >= 11 is 0. The number of anilines is 1. The number of hydrogen-bond acceptors (Lipinski definition) is 5. The fourth-order valence-corrected chi connectivity index (χ4v) is 3.58. The summed E-state index contributed by atoms with van der Waals surface area (Å²) in [7, 11) is 0. The molecule has 0 spiro atoms. The zero-order valence-corrected chi connectivity index (χ0v) is 18.4. The highest BCUT2D eigenvalue weighted by molar-refractivity contribution is 5.77. The van der Waals surface area contributed by atoms with Crippen LogP contribution in [0.4, 0.5) is 10.2 Å². The van der Waals surface area contributed by atoms with Crippen LogP contribution in [0.15, 0.2) is 71.3 Å². The molecule has 7 heteroatoms. The van der Waals surface area contributed by atoms with Gasteiger partial charge in [0.1, 0.15) is 29.2 Å². The fourth-order valence-electron chi connectivity index (χ4n) is 3.58. The molecule has 0 bridgehead atoms. The van der Waals surface area contributed by atoms with Crippen LogP contribution < -0.4 is 5.32 Å². The number of aryl methyl sites for hydroxylation is 2. The first-order valence-electron chi connectivity index (χ1n) is 10.6. The third-order valence-electron chi connectivity index (χ3n) is 5.44. The Bertz CT molecular complexity index is 1250. The molecular weight excluding hydrogens is 421 g/mol. The van der Waals surface area contributed by atoms with Gasteiger partial charge in [-0.1, -0.05) is 42.5 Å². The van der Waals surface area contributed by atoms with Crippen LogP contribution in [0.2, 0.25) is 0 Å². The van der Waals surface area contributed by atoms with Crippen LogP contribution in [-0.2, 0) is 17.6 Å². The second kappa shape index (κ2) is 9.65. The second-order valence-corrected chi connectivity index (χ2v) is 7.88. The highest BCUT2D eigenvalue weighted by atomic mass is 19.1. The smallest absolute Gasteiger partial charge is 0.326 e. The number of carbonyl (C=O) groups is 1. The van der Waals surface area contributed by atoms with Gasteiger partial charge in [0.25, 0.3) is 0 Å². The molecule has 4 aromatic rings. The van der Waals surface area contributed by atoms with E-state index in [4.69, 9.17) is 4.42 Å². The molecule has 1 unspecified atom stereocenters. The summed E-state index contributed by atoms with van der Waals surface area (Å²) in [5.74, 6) is 0.238. The first-order chi connectivity index (χ1) is 15.9. The third kappa shape index (κ3) is 5.26. The zero-order chi connectivity index (χ0) is 23.4. The number of benzene rings is 2. The predicted molar refractivity (Wildman–Crippen MR) is 124 cm³/mol. The monoisotopic (exact) mass is 445 g/mol. The maximum absolute atomic E-state index is 14.4. The first-order valence-corrected chi connectivity index (χ1v) is 10.6. The van der Waals surface area contributed by atoms with E-state index >= 15 is 0 Å². The van der Waals surface area contributed by atoms with Gasteiger partial charge in [-0.2, -0.15) is 0 Å². The summed E-state index contributed by atoms with van der Waals surface area (Å²) in [6.07, 6.45) is 2.00. The number of carboxylic acids is 1. The van der Waals surface area contributed by atoms with Gasteiger partial charge >= 0.3 is 5.97 Å². The van der Waals surface area contributed by atoms with Gasteiger partial charge in [0.2, 0.25) is 0 Å². The molecule has 33 heavy (non-hydrogen) atoms. The van der Waals surface area contributed by atoms with Gasteiger partial charge in [0.15, 0.2) is 0 Å². The van der Waals surface area contributed by atoms with Gasteiger partial charge in [-0.15, -0.1) is 0 Å². The standard InChI is InChI=1S/C26H24FN3O3/c1-16-12-19(33-17(16)2)14-23(26(31)32)30-25-22(13-18-8-4-3-5-9-18)29-24(15-28-25)20-10-6-7-11-21(20)27/h3-12,15,23H,13-14H2,1-2H3,(H,28,30)(H,31,32). The maximum Gasteiger partial charge on any atom is 0.326 e. The van der Waals surface area contributed by atoms with Crippen molar-refractivity contribution in [1.82, 2.24) is 9.97 Å². The average molecular weight is 445 g/mol. The molecule has 1 atom stereocenters. The minimum Gasteiger partial charge on any atom is -0.480 e. The number of hydrogen-bond donors (Lipinski definition) is 2. The van der Waals surface area contributed by atoms with Crippen molar-refractivity contribution >= 4 is 11.8 Å². The Morgan fingerprint density at radius 3 is 2.52 bits per heavy atom.